The number of hydrogen-bond acceptors (Lipinski definition) is 7. The summed E-state index contributed by atoms with van der Waals surface area (Å²) >= 11 is 0. The highest BCUT2D eigenvalue weighted by molar-refractivity contribution is 6.11. The molecule has 0 aliphatic carbocycles. The van der Waals surface area contributed by atoms with Gasteiger partial charge < -0.3 is 32.5 Å². The van der Waals surface area contributed by atoms with Crippen LogP contribution in [0.5, 0.6) is 23.0 Å². The standard InChI is InChI=1S/C42H30F2N4O5/c1-49-23-11-15-33-27(19-23)28-20-24(50-2)12-16-34(28)47(33)37-9-5-7-31(43)39(37)41-45-46-42(53-41)40-32(44)8-6-10-38(40)48-35-17-13-25(51-3)21-29(35)30-22-26(52-4)14-18-36(30)48/h5-22H,1-4H3. The molecular weight excluding hydrogens is 678 g/mol. The van der Waals surface area contributed by atoms with Gasteiger partial charge in [0.05, 0.1) is 73.0 Å². The highest BCUT2D eigenvalue weighted by Gasteiger charge is 2.26. The van der Waals surface area contributed by atoms with Gasteiger partial charge >= 0.3 is 0 Å². The number of nitrogens with zero attached hydrogens (tertiary/aromatic N) is 4. The first-order valence-electron chi connectivity index (χ1n) is 16.7. The molecule has 262 valence electrons. The zero-order valence-corrected chi connectivity index (χ0v) is 29.0. The van der Waals surface area contributed by atoms with E-state index in [1.807, 2.05) is 81.9 Å². The molecule has 9 nitrogen and oxygen atoms in total. The van der Waals surface area contributed by atoms with Crippen molar-refractivity contribution in [3.63, 3.8) is 0 Å². The first kappa shape index (κ1) is 32.1. The summed E-state index contributed by atoms with van der Waals surface area (Å²) < 4.78 is 64.6. The lowest BCUT2D eigenvalue weighted by atomic mass is 10.1. The molecule has 0 aliphatic rings. The van der Waals surface area contributed by atoms with Crippen LogP contribution in [0.25, 0.3) is 77.9 Å². The number of ether oxygens (including phenoxy) is 4. The van der Waals surface area contributed by atoms with Gasteiger partial charge in [0.15, 0.2) is 0 Å². The first-order valence-corrected chi connectivity index (χ1v) is 16.7. The summed E-state index contributed by atoms with van der Waals surface area (Å²) in [6.07, 6.45) is 0. The zero-order chi connectivity index (χ0) is 36.4. The average molecular weight is 709 g/mol. The van der Waals surface area contributed by atoms with Crippen LogP contribution in [-0.4, -0.2) is 47.8 Å². The van der Waals surface area contributed by atoms with E-state index in [1.165, 1.54) is 12.1 Å². The summed E-state index contributed by atoms with van der Waals surface area (Å²) in [5, 5.41) is 12.1. The second-order valence-electron chi connectivity index (χ2n) is 12.4. The number of halogens is 2. The molecule has 0 saturated carbocycles. The minimum Gasteiger partial charge on any atom is -0.497 e. The van der Waals surface area contributed by atoms with Gasteiger partial charge in [-0.05, 0) is 97.1 Å². The van der Waals surface area contributed by atoms with Crippen LogP contribution in [-0.2, 0) is 0 Å². The van der Waals surface area contributed by atoms with Crippen LogP contribution in [0.3, 0.4) is 0 Å². The van der Waals surface area contributed by atoms with E-state index in [1.54, 1.807) is 52.7 Å². The third-order valence-corrected chi connectivity index (χ3v) is 9.68. The van der Waals surface area contributed by atoms with Gasteiger partial charge in [0, 0.05) is 21.5 Å². The molecule has 0 saturated heterocycles. The van der Waals surface area contributed by atoms with Crippen molar-refractivity contribution in [1.29, 1.82) is 0 Å². The van der Waals surface area contributed by atoms with E-state index < -0.39 is 11.6 Å². The second-order valence-corrected chi connectivity index (χ2v) is 12.4. The van der Waals surface area contributed by atoms with E-state index in [9.17, 15) is 0 Å². The molecular formula is C42H30F2N4O5. The summed E-state index contributed by atoms with van der Waals surface area (Å²) in [6.45, 7) is 0. The summed E-state index contributed by atoms with van der Waals surface area (Å²) in [5.74, 6) is 1.27. The Morgan fingerprint density at radius 1 is 0.453 bits per heavy atom. The molecule has 0 spiro atoms. The summed E-state index contributed by atoms with van der Waals surface area (Å²) in [5.41, 5.74) is 4.18. The van der Waals surface area contributed by atoms with E-state index >= 15 is 8.78 Å². The highest BCUT2D eigenvalue weighted by Crippen LogP contribution is 2.42. The third-order valence-electron chi connectivity index (χ3n) is 9.68. The molecule has 53 heavy (non-hydrogen) atoms. The van der Waals surface area contributed by atoms with Crippen molar-refractivity contribution in [3.05, 3.63) is 121 Å². The number of benzene rings is 6. The van der Waals surface area contributed by atoms with Crippen LogP contribution < -0.4 is 18.9 Å². The van der Waals surface area contributed by atoms with E-state index in [-0.39, 0.29) is 22.9 Å². The quantitative estimate of drug-likeness (QED) is 0.155. The number of hydrogen-bond donors (Lipinski definition) is 0. The Balaban J connectivity index is 1.25. The molecule has 0 atom stereocenters. The van der Waals surface area contributed by atoms with Gasteiger partial charge in [-0.3, -0.25) is 0 Å². The van der Waals surface area contributed by atoms with Crippen molar-refractivity contribution < 1.29 is 32.1 Å². The SMILES string of the molecule is COc1ccc2c(c1)c1cc(OC)ccc1n2-c1cccc(F)c1-c1nnc(-c2c(F)cccc2-n2c3ccc(OC)cc3c3cc(OC)ccc32)o1. The van der Waals surface area contributed by atoms with Gasteiger partial charge in [0.1, 0.15) is 34.6 Å². The van der Waals surface area contributed by atoms with Crippen molar-refractivity contribution in [2.45, 2.75) is 0 Å². The minimum absolute atomic E-state index is 0.0608. The largest absolute Gasteiger partial charge is 0.497 e. The monoisotopic (exact) mass is 708 g/mol. The zero-order valence-electron chi connectivity index (χ0n) is 29.0. The van der Waals surface area contributed by atoms with Crippen molar-refractivity contribution in [2.24, 2.45) is 0 Å². The molecule has 11 heteroatoms. The van der Waals surface area contributed by atoms with Crippen LogP contribution in [0.15, 0.2) is 114 Å². The Kier molecular flexibility index (Phi) is 7.51. The molecule has 0 aliphatic heterocycles. The van der Waals surface area contributed by atoms with Crippen LogP contribution in [0.2, 0.25) is 0 Å². The van der Waals surface area contributed by atoms with Crippen LogP contribution in [0.4, 0.5) is 8.78 Å². The van der Waals surface area contributed by atoms with Gasteiger partial charge in [-0.2, -0.15) is 0 Å². The lowest BCUT2D eigenvalue weighted by Gasteiger charge is -2.13. The third kappa shape index (κ3) is 4.95. The van der Waals surface area contributed by atoms with Crippen molar-refractivity contribution >= 4 is 43.6 Å². The molecule has 6 aromatic carbocycles. The fourth-order valence-electron chi connectivity index (χ4n) is 7.24. The molecule has 0 unspecified atom stereocenters. The maximum absolute atomic E-state index is 16.2. The van der Waals surface area contributed by atoms with Gasteiger partial charge in [0.25, 0.3) is 11.8 Å². The maximum atomic E-state index is 16.2. The van der Waals surface area contributed by atoms with Gasteiger partial charge in [-0.15, -0.1) is 10.2 Å². The molecule has 0 bridgehead atoms. The maximum Gasteiger partial charge on any atom is 0.253 e. The molecule has 9 rings (SSSR count). The second kappa shape index (κ2) is 12.4. The number of rotatable bonds is 8. The molecule has 3 heterocycles. The molecule has 0 N–H and O–H groups in total. The van der Waals surface area contributed by atoms with Crippen LogP contribution in [0, 0.1) is 11.6 Å². The fourth-order valence-corrected chi connectivity index (χ4v) is 7.24. The minimum atomic E-state index is -0.589. The molecule has 9 aromatic rings. The number of aromatic nitrogens is 4. The van der Waals surface area contributed by atoms with Crippen LogP contribution >= 0.6 is 0 Å². The van der Waals surface area contributed by atoms with Gasteiger partial charge in [-0.25, -0.2) is 8.78 Å². The predicted octanol–water partition coefficient (Wildman–Crippen LogP) is 9.91. The van der Waals surface area contributed by atoms with Crippen molar-refractivity contribution in [2.75, 3.05) is 28.4 Å². The van der Waals surface area contributed by atoms with E-state index in [0.29, 0.717) is 34.4 Å². The lowest BCUT2D eigenvalue weighted by molar-refractivity contribution is 0.415. The Morgan fingerprint density at radius 2 is 0.774 bits per heavy atom. The van der Waals surface area contributed by atoms with E-state index in [4.69, 9.17) is 23.4 Å². The smallest absolute Gasteiger partial charge is 0.253 e. The fraction of sp³-hybridized carbons (Fsp3) is 0.0952. The summed E-state index contributed by atoms with van der Waals surface area (Å²) in [7, 11) is 6.43. The first-order chi connectivity index (χ1) is 25.9. The molecule has 0 amide bonds. The van der Waals surface area contributed by atoms with Crippen molar-refractivity contribution in [3.8, 4) is 57.3 Å². The number of methoxy groups -OCH3 is 4. The topological polar surface area (TPSA) is 85.7 Å². The van der Waals surface area contributed by atoms with E-state index in [0.717, 1.165) is 43.6 Å². The Bertz CT molecular complexity index is 2580. The van der Waals surface area contributed by atoms with Crippen LogP contribution in [0.1, 0.15) is 0 Å². The predicted molar refractivity (Wildman–Crippen MR) is 200 cm³/mol. The van der Waals surface area contributed by atoms with Crippen molar-refractivity contribution in [1.82, 2.24) is 19.3 Å². The molecule has 3 aromatic heterocycles. The van der Waals surface area contributed by atoms with Gasteiger partial charge in [-0.1, -0.05) is 12.1 Å². The lowest BCUT2D eigenvalue weighted by Crippen LogP contribution is -2.00. The summed E-state index contributed by atoms with van der Waals surface area (Å²) in [6, 6.07) is 32.2. The Labute approximate surface area is 301 Å². The normalized spacial score (nSPS) is 11.6. The Hall–Kier alpha value is -6.88. The Morgan fingerprint density at radius 3 is 1.08 bits per heavy atom. The molecule has 0 radical (unpaired) electrons. The average Bonchev–Trinajstić information content (AvgIpc) is 3.89. The number of fused-ring (bicyclic) bond motifs is 6. The highest BCUT2D eigenvalue weighted by atomic mass is 19.1. The van der Waals surface area contributed by atoms with Gasteiger partial charge in [0.2, 0.25) is 0 Å². The van der Waals surface area contributed by atoms with E-state index in [2.05, 4.69) is 10.2 Å². The summed E-state index contributed by atoms with van der Waals surface area (Å²) in [4.78, 5) is 0. The molecule has 0 fully saturated rings.